The highest BCUT2D eigenvalue weighted by Crippen LogP contribution is 2.32. The minimum Gasteiger partial charge on any atom is -0.462 e. The van der Waals surface area contributed by atoms with Crippen LogP contribution in [0.5, 0.6) is 0 Å². The first-order chi connectivity index (χ1) is 8.54. The molecule has 0 aliphatic carbocycles. The molecule has 1 aromatic rings. The van der Waals surface area contributed by atoms with Gasteiger partial charge in [-0.05, 0) is 31.2 Å². The van der Waals surface area contributed by atoms with Gasteiger partial charge in [-0.25, -0.2) is 0 Å². The van der Waals surface area contributed by atoms with Gasteiger partial charge in [0, 0.05) is 23.9 Å². The van der Waals surface area contributed by atoms with Crippen LogP contribution in [0.4, 0.5) is 5.69 Å². The molecular weight excluding hydrogens is 250 g/mol. The van der Waals surface area contributed by atoms with Crippen LogP contribution in [-0.4, -0.2) is 23.2 Å². The summed E-state index contributed by atoms with van der Waals surface area (Å²) in [5.41, 5.74) is 0.759. The van der Waals surface area contributed by atoms with Gasteiger partial charge in [0.15, 0.2) is 0 Å². The van der Waals surface area contributed by atoms with Crippen molar-refractivity contribution in [3.8, 4) is 0 Å². The molecule has 0 bridgehead atoms. The van der Waals surface area contributed by atoms with Gasteiger partial charge in [-0.1, -0.05) is 0 Å². The van der Waals surface area contributed by atoms with Gasteiger partial charge >= 0.3 is 5.97 Å². The maximum absolute atomic E-state index is 11.5. The molecule has 0 spiro atoms. The van der Waals surface area contributed by atoms with Crippen LogP contribution >= 0.6 is 11.8 Å². The van der Waals surface area contributed by atoms with Gasteiger partial charge in [0.25, 0.3) is 0 Å². The van der Waals surface area contributed by atoms with E-state index in [2.05, 4.69) is 5.32 Å². The lowest BCUT2D eigenvalue weighted by atomic mass is 10.3. The summed E-state index contributed by atoms with van der Waals surface area (Å²) in [7, 11) is 0. The number of rotatable bonds is 3. The molecule has 18 heavy (non-hydrogen) atoms. The van der Waals surface area contributed by atoms with E-state index in [9.17, 15) is 9.59 Å². The van der Waals surface area contributed by atoms with Gasteiger partial charge in [-0.3, -0.25) is 9.59 Å². The molecule has 1 heterocycles. The highest BCUT2D eigenvalue weighted by Gasteiger charge is 2.32. The molecule has 1 N–H and O–H groups in total. The summed E-state index contributed by atoms with van der Waals surface area (Å²) in [4.78, 5) is 23.4. The summed E-state index contributed by atoms with van der Waals surface area (Å²) in [6.07, 6.45) is 0.755. The molecule has 1 saturated heterocycles. The average Bonchev–Trinajstić information content (AvgIpc) is 2.59. The van der Waals surface area contributed by atoms with Gasteiger partial charge in [0.2, 0.25) is 5.91 Å². The standard InChI is InChI=1S/C13H15NO3S/c1-8-7-12(13(16)17-8)18-11-5-3-10(4-6-11)14-9(2)15/h3-6,8,12H,7H2,1-2H3,(H,14,15)/t8-,12+/m0/s1. The number of benzene rings is 1. The lowest BCUT2D eigenvalue weighted by Gasteiger charge is -2.07. The second kappa shape index (κ2) is 5.44. The van der Waals surface area contributed by atoms with Crippen LogP contribution in [0.3, 0.4) is 0 Å². The Labute approximate surface area is 110 Å². The molecule has 0 saturated carbocycles. The molecule has 0 unspecified atom stereocenters. The molecule has 0 aromatic heterocycles. The summed E-state index contributed by atoms with van der Waals surface area (Å²) in [5.74, 6) is -0.234. The Morgan fingerprint density at radius 1 is 1.39 bits per heavy atom. The fourth-order valence-corrected chi connectivity index (χ4v) is 2.94. The first-order valence-electron chi connectivity index (χ1n) is 5.79. The second-order valence-corrected chi connectivity index (χ2v) is 5.57. The van der Waals surface area contributed by atoms with Crippen LogP contribution in [0.15, 0.2) is 29.2 Å². The van der Waals surface area contributed by atoms with Crippen LogP contribution in [0.25, 0.3) is 0 Å². The average molecular weight is 265 g/mol. The van der Waals surface area contributed by atoms with Gasteiger partial charge in [-0.2, -0.15) is 0 Å². The quantitative estimate of drug-likeness (QED) is 0.853. The number of hydrogen-bond donors (Lipinski definition) is 1. The number of hydrogen-bond acceptors (Lipinski definition) is 4. The van der Waals surface area contributed by atoms with Crippen molar-refractivity contribution in [2.24, 2.45) is 0 Å². The van der Waals surface area contributed by atoms with Gasteiger partial charge in [0.05, 0.1) is 0 Å². The number of cyclic esters (lactones) is 1. The van der Waals surface area contributed by atoms with Crippen molar-refractivity contribution in [2.75, 3.05) is 5.32 Å². The molecule has 2 atom stereocenters. The monoisotopic (exact) mass is 265 g/mol. The van der Waals surface area contributed by atoms with E-state index in [0.29, 0.717) is 0 Å². The largest absolute Gasteiger partial charge is 0.462 e. The SMILES string of the molecule is CC(=O)Nc1ccc(S[C@@H]2C[C@H](C)OC2=O)cc1. The minimum absolute atomic E-state index is 0.00801. The van der Waals surface area contributed by atoms with Gasteiger partial charge in [-0.15, -0.1) is 11.8 Å². The molecule has 1 aliphatic heterocycles. The number of anilines is 1. The zero-order valence-electron chi connectivity index (χ0n) is 10.3. The molecule has 1 aliphatic rings. The Bertz CT molecular complexity index is 458. The lowest BCUT2D eigenvalue weighted by Crippen LogP contribution is -2.09. The van der Waals surface area contributed by atoms with Crippen LogP contribution in [0.1, 0.15) is 20.3 Å². The molecule has 1 fully saturated rings. The summed E-state index contributed by atoms with van der Waals surface area (Å²) in [5, 5.41) is 2.58. The normalized spacial score (nSPS) is 22.7. The van der Waals surface area contributed by atoms with Crippen molar-refractivity contribution >= 4 is 29.3 Å². The number of amides is 1. The third-order valence-corrected chi connectivity index (χ3v) is 3.79. The zero-order valence-corrected chi connectivity index (χ0v) is 11.1. The van der Waals surface area contributed by atoms with Crippen LogP contribution in [0, 0.1) is 0 Å². The second-order valence-electron chi connectivity index (χ2n) is 4.30. The van der Waals surface area contributed by atoms with E-state index >= 15 is 0 Å². The summed E-state index contributed by atoms with van der Waals surface area (Å²) in [6.45, 7) is 3.37. The number of nitrogens with one attached hydrogen (secondary N) is 1. The van der Waals surface area contributed by atoms with E-state index in [1.165, 1.54) is 18.7 Å². The Morgan fingerprint density at radius 2 is 2.06 bits per heavy atom. The molecule has 96 valence electrons. The topological polar surface area (TPSA) is 55.4 Å². The predicted octanol–water partition coefficient (Wildman–Crippen LogP) is 2.44. The van der Waals surface area contributed by atoms with Crippen molar-refractivity contribution in [1.82, 2.24) is 0 Å². The third-order valence-electron chi connectivity index (χ3n) is 2.58. The van der Waals surface area contributed by atoms with Crippen molar-refractivity contribution in [3.05, 3.63) is 24.3 Å². The summed E-state index contributed by atoms with van der Waals surface area (Å²) in [6, 6.07) is 7.44. The van der Waals surface area contributed by atoms with Crippen LogP contribution < -0.4 is 5.32 Å². The van der Waals surface area contributed by atoms with E-state index in [0.717, 1.165) is 17.0 Å². The zero-order chi connectivity index (χ0) is 13.1. The molecule has 4 nitrogen and oxygen atoms in total. The van der Waals surface area contributed by atoms with Crippen molar-refractivity contribution in [3.63, 3.8) is 0 Å². The molecule has 2 rings (SSSR count). The number of carbonyl (C=O) groups is 2. The third kappa shape index (κ3) is 3.26. The Kier molecular flexibility index (Phi) is 3.91. The highest BCUT2D eigenvalue weighted by atomic mass is 32.2. The molecule has 0 radical (unpaired) electrons. The Balaban J connectivity index is 1.98. The Morgan fingerprint density at radius 3 is 2.56 bits per heavy atom. The molecular formula is C13H15NO3S. The van der Waals surface area contributed by atoms with E-state index in [4.69, 9.17) is 4.74 Å². The smallest absolute Gasteiger partial charge is 0.319 e. The van der Waals surface area contributed by atoms with E-state index in [-0.39, 0.29) is 23.2 Å². The highest BCUT2D eigenvalue weighted by molar-refractivity contribution is 8.00. The maximum atomic E-state index is 11.5. The van der Waals surface area contributed by atoms with Crippen LogP contribution in [-0.2, 0) is 14.3 Å². The minimum atomic E-state index is -0.140. The van der Waals surface area contributed by atoms with Crippen molar-refractivity contribution < 1.29 is 14.3 Å². The Hall–Kier alpha value is -1.49. The number of ether oxygens (including phenoxy) is 1. The molecule has 1 amide bonds. The first kappa shape index (κ1) is 13.0. The lowest BCUT2D eigenvalue weighted by molar-refractivity contribution is -0.140. The first-order valence-corrected chi connectivity index (χ1v) is 6.67. The van der Waals surface area contributed by atoms with Crippen molar-refractivity contribution in [1.29, 1.82) is 0 Å². The number of esters is 1. The number of thioether (sulfide) groups is 1. The van der Waals surface area contributed by atoms with E-state index in [1.807, 2.05) is 31.2 Å². The summed E-state index contributed by atoms with van der Waals surface area (Å²) < 4.78 is 5.11. The predicted molar refractivity (Wildman–Crippen MR) is 70.6 cm³/mol. The molecule has 1 aromatic carbocycles. The fraction of sp³-hybridized carbons (Fsp3) is 0.385. The van der Waals surface area contributed by atoms with Gasteiger partial charge < -0.3 is 10.1 Å². The van der Waals surface area contributed by atoms with E-state index in [1.54, 1.807) is 0 Å². The van der Waals surface area contributed by atoms with Crippen LogP contribution in [0.2, 0.25) is 0 Å². The number of carbonyl (C=O) groups excluding carboxylic acids is 2. The fourth-order valence-electron chi connectivity index (χ4n) is 1.80. The van der Waals surface area contributed by atoms with Crippen molar-refractivity contribution in [2.45, 2.75) is 36.5 Å². The maximum Gasteiger partial charge on any atom is 0.319 e. The summed E-state index contributed by atoms with van der Waals surface area (Å²) >= 11 is 1.50. The van der Waals surface area contributed by atoms with Gasteiger partial charge in [0.1, 0.15) is 11.4 Å². The van der Waals surface area contributed by atoms with E-state index < -0.39 is 0 Å². The molecule has 5 heteroatoms.